The number of hydrogen-bond acceptors (Lipinski definition) is 2. The van der Waals surface area contributed by atoms with Crippen LogP contribution < -0.4 is 10.5 Å². The molecule has 0 aromatic heterocycles. The van der Waals surface area contributed by atoms with Crippen LogP contribution in [0.2, 0.25) is 0 Å². The summed E-state index contributed by atoms with van der Waals surface area (Å²) in [5.74, 6) is 0.944. The van der Waals surface area contributed by atoms with Crippen molar-refractivity contribution in [1.29, 1.82) is 0 Å². The van der Waals surface area contributed by atoms with E-state index in [0.717, 1.165) is 18.6 Å². The van der Waals surface area contributed by atoms with Crippen LogP contribution in [0.1, 0.15) is 12.0 Å². The van der Waals surface area contributed by atoms with E-state index >= 15 is 0 Å². The molecule has 0 saturated heterocycles. The molecule has 2 nitrogen and oxygen atoms in total. The van der Waals surface area contributed by atoms with Crippen molar-refractivity contribution in [3.05, 3.63) is 42.5 Å². The van der Waals surface area contributed by atoms with Gasteiger partial charge in [-0.05, 0) is 31.0 Å². The lowest BCUT2D eigenvalue weighted by Crippen LogP contribution is -2.05. The largest absolute Gasteiger partial charge is 0.493 e. The first-order valence-corrected chi connectivity index (χ1v) is 4.90. The topological polar surface area (TPSA) is 35.2 Å². The zero-order valence-electron chi connectivity index (χ0n) is 8.41. The van der Waals surface area contributed by atoms with E-state index in [4.69, 9.17) is 10.5 Å². The van der Waals surface area contributed by atoms with Gasteiger partial charge in [-0.2, -0.15) is 0 Å². The number of nitrogens with two attached hydrogens (primary N) is 1. The van der Waals surface area contributed by atoms with Crippen LogP contribution in [-0.2, 0) is 6.42 Å². The molecule has 0 radical (unpaired) electrons. The number of benzene rings is 1. The van der Waals surface area contributed by atoms with Crippen molar-refractivity contribution in [2.75, 3.05) is 13.2 Å². The van der Waals surface area contributed by atoms with E-state index in [1.54, 1.807) is 0 Å². The molecule has 0 heterocycles. The second-order valence-electron chi connectivity index (χ2n) is 3.07. The third-order valence-electron chi connectivity index (χ3n) is 1.97. The van der Waals surface area contributed by atoms with E-state index in [1.165, 1.54) is 5.56 Å². The highest BCUT2D eigenvalue weighted by atomic mass is 16.5. The van der Waals surface area contributed by atoms with Gasteiger partial charge in [0.25, 0.3) is 0 Å². The summed E-state index contributed by atoms with van der Waals surface area (Å²) in [6, 6.07) is 8.01. The Labute approximate surface area is 85.4 Å². The standard InChI is InChI=1S/C12H17NO/c1-2-3-10-14-12-7-5-4-6-11(12)8-9-13/h2,4-7H,1,3,8-10,13H2. The fraction of sp³-hybridized carbons (Fsp3) is 0.333. The maximum absolute atomic E-state index is 5.60. The van der Waals surface area contributed by atoms with Crippen LogP contribution in [0.4, 0.5) is 0 Å². The Kier molecular flexibility index (Phi) is 4.79. The highest BCUT2D eigenvalue weighted by molar-refractivity contribution is 5.33. The molecule has 0 unspecified atom stereocenters. The molecule has 1 aromatic rings. The lowest BCUT2D eigenvalue weighted by atomic mass is 10.1. The normalized spacial score (nSPS) is 9.79. The first-order chi connectivity index (χ1) is 6.88. The Morgan fingerprint density at radius 1 is 1.36 bits per heavy atom. The van der Waals surface area contributed by atoms with Gasteiger partial charge in [0.1, 0.15) is 5.75 Å². The molecule has 1 aromatic carbocycles. The number of ether oxygens (including phenoxy) is 1. The predicted molar refractivity (Wildman–Crippen MR) is 59.5 cm³/mol. The van der Waals surface area contributed by atoms with Gasteiger partial charge in [-0.3, -0.25) is 0 Å². The molecule has 0 bridgehead atoms. The lowest BCUT2D eigenvalue weighted by Gasteiger charge is -2.09. The van der Waals surface area contributed by atoms with Gasteiger partial charge in [-0.25, -0.2) is 0 Å². The molecule has 76 valence electrons. The van der Waals surface area contributed by atoms with Crippen molar-refractivity contribution in [2.45, 2.75) is 12.8 Å². The van der Waals surface area contributed by atoms with Gasteiger partial charge >= 0.3 is 0 Å². The number of rotatable bonds is 6. The molecule has 0 saturated carbocycles. The van der Waals surface area contributed by atoms with Crippen molar-refractivity contribution < 1.29 is 4.74 Å². The molecular weight excluding hydrogens is 174 g/mol. The summed E-state index contributed by atoms with van der Waals surface area (Å²) in [6.07, 6.45) is 3.59. The monoisotopic (exact) mass is 191 g/mol. The molecule has 14 heavy (non-hydrogen) atoms. The highest BCUT2D eigenvalue weighted by Gasteiger charge is 2.00. The van der Waals surface area contributed by atoms with Gasteiger partial charge in [0.15, 0.2) is 0 Å². The Morgan fingerprint density at radius 3 is 2.86 bits per heavy atom. The maximum Gasteiger partial charge on any atom is 0.122 e. The molecule has 2 N–H and O–H groups in total. The Bertz CT molecular complexity index is 283. The fourth-order valence-electron chi connectivity index (χ4n) is 1.26. The second-order valence-corrected chi connectivity index (χ2v) is 3.07. The molecule has 0 amide bonds. The summed E-state index contributed by atoms with van der Waals surface area (Å²) in [7, 11) is 0. The quantitative estimate of drug-likeness (QED) is 0.552. The molecular formula is C12H17NO. The van der Waals surface area contributed by atoms with Crippen LogP contribution in [0.5, 0.6) is 5.75 Å². The van der Waals surface area contributed by atoms with Gasteiger partial charge in [-0.15, -0.1) is 6.58 Å². The third-order valence-corrected chi connectivity index (χ3v) is 1.97. The molecule has 0 spiro atoms. The summed E-state index contributed by atoms with van der Waals surface area (Å²) in [4.78, 5) is 0. The summed E-state index contributed by atoms with van der Waals surface area (Å²) >= 11 is 0. The molecule has 0 aliphatic heterocycles. The van der Waals surface area contributed by atoms with Crippen LogP contribution in [0, 0.1) is 0 Å². The van der Waals surface area contributed by atoms with Crippen LogP contribution in [0.15, 0.2) is 36.9 Å². The first kappa shape index (κ1) is 10.8. The average Bonchev–Trinajstić information content (AvgIpc) is 2.21. The summed E-state index contributed by atoms with van der Waals surface area (Å²) < 4.78 is 5.60. The van der Waals surface area contributed by atoms with Crippen LogP contribution in [0.3, 0.4) is 0 Å². The van der Waals surface area contributed by atoms with Crippen molar-refractivity contribution in [2.24, 2.45) is 5.73 Å². The average molecular weight is 191 g/mol. The van der Waals surface area contributed by atoms with E-state index in [1.807, 2.05) is 24.3 Å². The number of hydrogen-bond donors (Lipinski definition) is 1. The van der Waals surface area contributed by atoms with Crippen molar-refractivity contribution >= 4 is 0 Å². The molecule has 0 fully saturated rings. The zero-order valence-corrected chi connectivity index (χ0v) is 8.41. The maximum atomic E-state index is 5.60. The van der Waals surface area contributed by atoms with E-state index < -0.39 is 0 Å². The van der Waals surface area contributed by atoms with Crippen molar-refractivity contribution in [3.63, 3.8) is 0 Å². The van der Waals surface area contributed by atoms with E-state index in [-0.39, 0.29) is 0 Å². The van der Waals surface area contributed by atoms with E-state index in [9.17, 15) is 0 Å². The lowest BCUT2D eigenvalue weighted by molar-refractivity contribution is 0.321. The van der Waals surface area contributed by atoms with Crippen molar-refractivity contribution in [3.8, 4) is 5.75 Å². The minimum Gasteiger partial charge on any atom is -0.493 e. The summed E-state index contributed by atoms with van der Waals surface area (Å²) in [6.45, 7) is 4.99. The van der Waals surface area contributed by atoms with Gasteiger partial charge < -0.3 is 10.5 Å². The second kappa shape index (κ2) is 6.22. The van der Waals surface area contributed by atoms with Crippen LogP contribution >= 0.6 is 0 Å². The van der Waals surface area contributed by atoms with Gasteiger partial charge in [-0.1, -0.05) is 24.3 Å². The minimum absolute atomic E-state index is 0.655. The molecule has 0 aliphatic rings. The van der Waals surface area contributed by atoms with E-state index in [0.29, 0.717) is 13.2 Å². The Hall–Kier alpha value is -1.28. The molecule has 2 heteroatoms. The highest BCUT2D eigenvalue weighted by Crippen LogP contribution is 2.18. The summed E-state index contributed by atoms with van der Waals surface area (Å²) in [5.41, 5.74) is 6.69. The third kappa shape index (κ3) is 3.23. The number of para-hydroxylation sites is 1. The first-order valence-electron chi connectivity index (χ1n) is 4.90. The zero-order chi connectivity index (χ0) is 10.2. The Balaban J connectivity index is 2.59. The van der Waals surface area contributed by atoms with Crippen molar-refractivity contribution in [1.82, 2.24) is 0 Å². The van der Waals surface area contributed by atoms with E-state index in [2.05, 4.69) is 12.6 Å². The van der Waals surface area contributed by atoms with Crippen LogP contribution in [0.25, 0.3) is 0 Å². The predicted octanol–water partition coefficient (Wildman–Crippen LogP) is 2.14. The Morgan fingerprint density at radius 2 is 2.14 bits per heavy atom. The van der Waals surface area contributed by atoms with Gasteiger partial charge in [0.05, 0.1) is 6.61 Å². The van der Waals surface area contributed by atoms with Crippen LogP contribution in [-0.4, -0.2) is 13.2 Å². The summed E-state index contributed by atoms with van der Waals surface area (Å²) in [5, 5.41) is 0. The molecule has 0 atom stereocenters. The SMILES string of the molecule is C=CCCOc1ccccc1CCN. The molecule has 0 aliphatic carbocycles. The molecule has 1 rings (SSSR count). The smallest absolute Gasteiger partial charge is 0.122 e. The van der Waals surface area contributed by atoms with Gasteiger partial charge in [0.2, 0.25) is 0 Å². The minimum atomic E-state index is 0.655. The fourth-order valence-corrected chi connectivity index (χ4v) is 1.26. The van der Waals surface area contributed by atoms with Gasteiger partial charge in [0, 0.05) is 0 Å².